The number of amides is 2. The van der Waals surface area contributed by atoms with Crippen molar-refractivity contribution >= 4 is 11.8 Å². The minimum absolute atomic E-state index is 0.481. The van der Waals surface area contributed by atoms with Crippen LogP contribution in [0, 0.1) is 0 Å². The van der Waals surface area contributed by atoms with Crippen molar-refractivity contribution in [3.63, 3.8) is 0 Å². The van der Waals surface area contributed by atoms with Gasteiger partial charge in [0.05, 0.1) is 0 Å². The average molecular weight is 186 g/mol. The van der Waals surface area contributed by atoms with E-state index in [4.69, 9.17) is 0 Å². The molecular formula is C9H18N2O2. The molecule has 0 aromatic carbocycles. The van der Waals surface area contributed by atoms with E-state index in [9.17, 15) is 9.59 Å². The van der Waals surface area contributed by atoms with E-state index in [0.29, 0.717) is 0 Å². The van der Waals surface area contributed by atoms with E-state index in [1.54, 1.807) is 0 Å². The molecule has 0 fully saturated rings. The first-order chi connectivity index (χ1) is 5.95. The zero-order valence-electron chi connectivity index (χ0n) is 8.25. The van der Waals surface area contributed by atoms with Gasteiger partial charge in [-0.3, -0.25) is 9.59 Å². The van der Waals surface area contributed by atoms with Crippen LogP contribution >= 0.6 is 0 Å². The van der Waals surface area contributed by atoms with Crippen LogP contribution in [0.3, 0.4) is 0 Å². The van der Waals surface area contributed by atoms with Crippen LogP contribution in [0.1, 0.15) is 20.3 Å². The van der Waals surface area contributed by atoms with Crippen molar-refractivity contribution in [1.82, 2.24) is 0 Å². The maximum Gasteiger partial charge on any atom is 0.240 e. The molecule has 4 heteroatoms. The number of rotatable bonds is 2. The molecule has 0 aliphatic heterocycles. The number of hydrogen-bond donors (Lipinski definition) is 2. The first kappa shape index (κ1) is 17.5. The van der Waals surface area contributed by atoms with Gasteiger partial charge in [0.25, 0.3) is 0 Å². The summed E-state index contributed by atoms with van der Waals surface area (Å²) in [6, 6.07) is 0. The number of nitrogens with two attached hydrogens (primary N) is 2. The van der Waals surface area contributed by atoms with Gasteiger partial charge in [-0.15, -0.1) is 0 Å². The number of carbonyl (C=O) groups is 2. The van der Waals surface area contributed by atoms with E-state index in [1.165, 1.54) is 6.42 Å². The van der Waals surface area contributed by atoms with Gasteiger partial charge in [0.2, 0.25) is 11.8 Å². The molecular weight excluding hydrogens is 168 g/mol. The van der Waals surface area contributed by atoms with Crippen LogP contribution in [-0.2, 0) is 9.59 Å². The summed E-state index contributed by atoms with van der Waals surface area (Å²) in [7, 11) is 0. The Balaban J connectivity index is -0.000000120. The lowest BCUT2D eigenvalue weighted by molar-refractivity contribution is -0.114. The van der Waals surface area contributed by atoms with Crippen LogP contribution in [-0.4, -0.2) is 11.8 Å². The molecule has 0 atom stereocenters. The average Bonchev–Trinajstić information content (AvgIpc) is 2.07. The van der Waals surface area contributed by atoms with Crippen molar-refractivity contribution in [3.8, 4) is 0 Å². The maximum atomic E-state index is 9.47. The molecule has 0 aromatic heterocycles. The fourth-order valence-corrected chi connectivity index (χ4v) is 0. The van der Waals surface area contributed by atoms with Crippen LogP contribution in [0.25, 0.3) is 0 Å². The Morgan fingerprint density at radius 2 is 1.15 bits per heavy atom. The first-order valence-corrected chi connectivity index (χ1v) is 3.79. The highest BCUT2D eigenvalue weighted by atomic mass is 16.1. The summed E-state index contributed by atoms with van der Waals surface area (Å²) in [5, 5.41) is 0. The molecule has 0 saturated carbocycles. The van der Waals surface area contributed by atoms with Gasteiger partial charge in [0.15, 0.2) is 0 Å². The van der Waals surface area contributed by atoms with Gasteiger partial charge in [-0.2, -0.15) is 0 Å². The van der Waals surface area contributed by atoms with Crippen molar-refractivity contribution < 1.29 is 9.59 Å². The van der Waals surface area contributed by atoms with E-state index < -0.39 is 11.8 Å². The van der Waals surface area contributed by atoms with Crippen molar-refractivity contribution in [3.05, 3.63) is 25.3 Å². The fraction of sp³-hybridized carbons (Fsp3) is 0.333. The zero-order valence-corrected chi connectivity index (χ0v) is 8.25. The normalized spacial score (nSPS) is 6.31. The summed E-state index contributed by atoms with van der Waals surface area (Å²) in [6.07, 6.45) is 3.36. The molecule has 4 N–H and O–H groups in total. The van der Waals surface area contributed by atoms with Gasteiger partial charge in [-0.25, -0.2) is 0 Å². The standard InChI is InChI=1S/2C3H5NO.C3H8/c2*1-2-3(4)5;1-3-2/h2*2H,1H2,(H2,4,5);3H2,1-2H3. The topological polar surface area (TPSA) is 86.2 Å². The SMILES string of the molecule is C=CC(N)=O.C=CC(N)=O.CCC. The molecule has 76 valence electrons. The van der Waals surface area contributed by atoms with Gasteiger partial charge in [-0.05, 0) is 12.2 Å². The number of primary amides is 2. The summed E-state index contributed by atoms with van der Waals surface area (Å²) in [6.45, 7) is 10.4. The molecule has 0 rings (SSSR count). The van der Waals surface area contributed by atoms with Crippen molar-refractivity contribution in [2.75, 3.05) is 0 Å². The van der Waals surface area contributed by atoms with E-state index in [-0.39, 0.29) is 0 Å². The molecule has 4 nitrogen and oxygen atoms in total. The maximum absolute atomic E-state index is 9.47. The highest BCUT2D eigenvalue weighted by Gasteiger charge is 1.69. The molecule has 0 radical (unpaired) electrons. The van der Waals surface area contributed by atoms with Crippen LogP contribution in [0.15, 0.2) is 25.3 Å². The van der Waals surface area contributed by atoms with Crippen LogP contribution < -0.4 is 11.5 Å². The minimum atomic E-state index is -0.481. The lowest BCUT2D eigenvalue weighted by atomic mass is 10.6. The fourth-order valence-electron chi connectivity index (χ4n) is 0. The molecule has 13 heavy (non-hydrogen) atoms. The van der Waals surface area contributed by atoms with Gasteiger partial charge in [-0.1, -0.05) is 33.4 Å². The minimum Gasteiger partial charge on any atom is -0.366 e. The molecule has 0 aliphatic rings. The van der Waals surface area contributed by atoms with Crippen LogP contribution in [0.5, 0.6) is 0 Å². The quantitative estimate of drug-likeness (QED) is 0.623. The Bertz CT molecular complexity index is 147. The highest BCUT2D eigenvalue weighted by molar-refractivity contribution is 5.85. The van der Waals surface area contributed by atoms with Gasteiger partial charge >= 0.3 is 0 Å². The van der Waals surface area contributed by atoms with Crippen molar-refractivity contribution in [2.45, 2.75) is 20.3 Å². The van der Waals surface area contributed by atoms with Gasteiger partial charge in [0.1, 0.15) is 0 Å². The Hall–Kier alpha value is -1.58. The monoisotopic (exact) mass is 186 g/mol. The van der Waals surface area contributed by atoms with E-state index in [2.05, 4.69) is 38.5 Å². The first-order valence-electron chi connectivity index (χ1n) is 3.79. The van der Waals surface area contributed by atoms with Crippen molar-refractivity contribution in [1.29, 1.82) is 0 Å². The third-order valence-electron chi connectivity index (χ3n) is 0.402. The Morgan fingerprint density at radius 1 is 1.08 bits per heavy atom. The van der Waals surface area contributed by atoms with Gasteiger partial charge in [0, 0.05) is 0 Å². The number of hydrogen-bond acceptors (Lipinski definition) is 2. The molecule has 2 amide bonds. The molecule has 0 heterocycles. The predicted molar refractivity (Wildman–Crippen MR) is 54.7 cm³/mol. The zero-order chi connectivity index (χ0) is 11.3. The summed E-state index contributed by atoms with van der Waals surface area (Å²) in [5.41, 5.74) is 9.07. The summed E-state index contributed by atoms with van der Waals surface area (Å²) in [4.78, 5) is 18.9. The third kappa shape index (κ3) is 126. The number of carbonyl (C=O) groups excluding carboxylic acids is 2. The predicted octanol–water partition coefficient (Wildman–Crippen LogP) is 0.732. The van der Waals surface area contributed by atoms with E-state index in [1.807, 2.05) is 0 Å². The molecule has 0 saturated heterocycles. The Kier molecular flexibility index (Phi) is 22.6. The van der Waals surface area contributed by atoms with E-state index in [0.717, 1.165) is 12.2 Å². The largest absolute Gasteiger partial charge is 0.366 e. The third-order valence-corrected chi connectivity index (χ3v) is 0.402. The van der Waals surface area contributed by atoms with Crippen LogP contribution in [0.4, 0.5) is 0 Å². The molecule has 0 bridgehead atoms. The summed E-state index contributed by atoms with van der Waals surface area (Å²) < 4.78 is 0. The molecule has 0 aromatic rings. The molecule has 0 spiro atoms. The second-order valence-corrected chi connectivity index (χ2v) is 1.92. The highest BCUT2D eigenvalue weighted by Crippen LogP contribution is 1.56. The Labute approximate surface area is 79.3 Å². The molecule has 0 unspecified atom stereocenters. The Morgan fingerprint density at radius 3 is 1.15 bits per heavy atom. The lowest BCUT2D eigenvalue weighted by Gasteiger charge is -1.65. The summed E-state index contributed by atoms with van der Waals surface area (Å²) in [5.74, 6) is -0.963. The van der Waals surface area contributed by atoms with Crippen LogP contribution in [0.2, 0.25) is 0 Å². The second kappa shape index (κ2) is 16.8. The summed E-state index contributed by atoms with van der Waals surface area (Å²) >= 11 is 0. The smallest absolute Gasteiger partial charge is 0.240 e. The lowest BCUT2D eigenvalue weighted by Crippen LogP contribution is -2.04. The van der Waals surface area contributed by atoms with E-state index >= 15 is 0 Å². The van der Waals surface area contributed by atoms with Crippen molar-refractivity contribution in [2.24, 2.45) is 11.5 Å². The molecule has 0 aliphatic carbocycles. The second-order valence-electron chi connectivity index (χ2n) is 1.92. The van der Waals surface area contributed by atoms with Gasteiger partial charge < -0.3 is 11.5 Å².